The second-order valence-corrected chi connectivity index (χ2v) is 10.3. The van der Waals surface area contributed by atoms with Gasteiger partial charge in [-0.1, -0.05) is 32.5 Å². The van der Waals surface area contributed by atoms with Crippen molar-refractivity contribution in [2.45, 2.75) is 31.2 Å². The van der Waals surface area contributed by atoms with Gasteiger partial charge in [-0.05, 0) is 17.5 Å². The smallest absolute Gasteiger partial charge is 0.231 e. The van der Waals surface area contributed by atoms with Gasteiger partial charge in [-0.3, -0.25) is 0 Å². The first-order chi connectivity index (χ1) is 14.7. The summed E-state index contributed by atoms with van der Waals surface area (Å²) in [5, 5.41) is 7.15. The normalized spacial score (nSPS) is 16.9. The van der Waals surface area contributed by atoms with Crippen LogP contribution < -0.4 is 35.6 Å². The minimum Gasteiger partial charge on any atom is -0.454 e. The topological polar surface area (TPSA) is 87.9 Å². The summed E-state index contributed by atoms with van der Waals surface area (Å²) in [5.74, 6) is 2.09. The molecular formula is C22H32N6O2S. The molecule has 2 aliphatic rings. The monoisotopic (exact) mass is 444 g/mol. The number of thioether (sulfide) groups is 1. The molecule has 0 radical (unpaired) electrons. The van der Waals surface area contributed by atoms with Gasteiger partial charge in [-0.25, -0.2) is 4.98 Å². The quantitative estimate of drug-likeness (QED) is 0.556. The van der Waals surface area contributed by atoms with Crippen molar-refractivity contribution < 1.29 is 9.47 Å². The van der Waals surface area contributed by atoms with Gasteiger partial charge in [-0.15, -0.1) is 0 Å². The molecule has 0 spiro atoms. The Kier molecular flexibility index (Phi) is 5.98. The Labute approximate surface area is 188 Å². The second-order valence-electron chi connectivity index (χ2n) is 9.20. The zero-order valence-electron chi connectivity index (χ0n) is 18.9. The third kappa shape index (κ3) is 4.72. The van der Waals surface area contributed by atoms with Crippen LogP contribution in [0.15, 0.2) is 29.3 Å². The third-order valence-corrected chi connectivity index (χ3v) is 6.35. The summed E-state index contributed by atoms with van der Waals surface area (Å²) in [6, 6.07) is 6.12. The fourth-order valence-electron chi connectivity index (χ4n) is 3.65. The number of rotatable bonds is 7. The maximum Gasteiger partial charge on any atom is 0.231 e. The number of ether oxygens (including phenoxy) is 2. The molecule has 1 unspecified atom stereocenters. The molecule has 1 aromatic carbocycles. The molecule has 0 aliphatic carbocycles. The number of anilines is 4. The first-order valence-electron chi connectivity index (χ1n) is 10.5. The van der Waals surface area contributed by atoms with Crippen LogP contribution in [-0.2, 0) is 0 Å². The van der Waals surface area contributed by atoms with Gasteiger partial charge in [0.2, 0.25) is 6.79 Å². The van der Waals surface area contributed by atoms with E-state index in [0.29, 0.717) is 5.82 Å². The molecule has 4 rings (SSSR count). The Balaban J connectivity index is 1.57. The van der Waals surface area contributed by atoms with Gasteiger partial charge in [0.25, 0.3) is 0 Å². The molecule has 9 heteroatoms. The molecular weight excluding hydrogens is 412 g/mol. The van der Waals surface area contributed by atoms with Gasteiger partial charge >= 0.3 is 0 Å². The summed E-state index contributed by atoms with van der Waals surface area (Å²) in [7, 11) is 4.07. The number of nitrogens with zero attached hydrogens (tertiary/aromatic N) is 3. The van der Waals surface area contributed by atoms with E-state index in [1.807, 2.05) is 26.2 Å². The molecule has 2 aliphatic heterocycles. The molecule has 31 heavy (non-hydrogen) atoms. The van der Waals surface area contributed by atoms with E-state index in [2.05, 4.69) is 52.3 Å². The van der Waals surface area contributed by atoms with Crippen LogP contribution in [0.5, 0.6) is 11.5 Å². The molecule has 2 aromatic rings. The number of pyridine rings is 1. The molecule has 0 bridgehead atoms. The molecule has 0 amide bonds. The summed E-state index contributed by atoms with van der Waals surface area (Å²) in [4.78, 5) is 9.82. The van der Waals surface area contributed by atoms with Crippen molar-refractivity contribution in [3.05, 3.63) is 24.4 Å². The summed E-state index contributed by atoms with van der Waals surface area (Å²) in [5.41, 5.74) is 9.47. The Hall–Kier alpha value is -2.52. The van der Waals surface area contributed by atoms with E-state index in [1.54, 1.807) is 18.0 Å². The number of hydrogen-bond donors (Lipinski definition) is 3. The molecule has 1 aromatic heterocycles. The molecule has 0 saturated carbocycles. The highest BCUT2D eigenvalue weighted by atomic mass is 32.2. The fraction of sp³-hybridized carbons (Fsp3) is 0.500. The summed E-state index contributed by atoms with van der Waals surface area (Å²) >= 11 is 1.74. The van der Waals surface area contributed by atoms with Crippen molar-refractivity contribution in [3.63, 3.8) is 0 Å². The molecule has 0 saturated heterocycles. The lowest BCUT2D eigenvalue weighted by atomic mass is 9.97. The van der Waals surface area contributed by atoms with Crippen molar-refractivity contribution in [2.75, 3.05) is 61.4 Å². The summed E-state index contributed by atoms with van der Waals surface area (Å²) in [6.07, 6.45) is 1.77. The first kappa shape index (κ1) is 21.7. The van der Waals surface area contributed by atoms with Crippen molar-refractivity contribution in [3.8, 4) is 11.5 Å². The van der Waals surface area contributed by atoms with Crippen molar-refractivity contribution in [1.82, 2.24) is 10.3 Å². The molecule has 8 nitrogen and oxygen atoms in total. The van der Waals surface area contributed by atoms with Gasteiger partial charge in [0.05, 0.1) is 11.4 Å². The van der Waals surface area contributed by atoms with Crippen molar-refractivity contribution in [2.24, 2.45) is 5.41 Å². The maximum absolute atomic E-state index is 6.18. The van der Waals surface area contributed by atoms with E-state index in [1.165, 1.54) is 0 Å². The minimum absolute atomic E-state index is 0.0167. The number of nitrogens with one attached hydrogen (secondary N) is 2. The maximum atomic E-state index is 6.18. The number of nitrogen functional groups attached to an aromatic ring is 1. The van der Waals surface area contributed by atoms with E-state index >= 15 is 0 Å². The predicted octanol–water partition coefficient (Wildman–Crippen LogP) is 3.40. The summed E-state index contributed by atoms with van der Waals surface area (Å²) in [6.45, 7) is 9.65. The molecule has 168 valence electrons. The molecule has 0 fully saturated rings. The van der Waals surface area contributed by atoms with E-state index in [9.17, 15) is 0 Å². The van der Waals surface area contributed by atoms with Crippen LogP contribution in [0.25, 0.3) is 0 Å². The van der Waals surface area contributed by atoms with Crippen molar-refractivity contribution in [1.29, 1.82) is 0 Å². The van der Waals surface area contributed by atoms with Gasteiger partial charge in [0.15, 0.2) is 17.0 Å². The zero-order valence-corrected chi connectivity index (χ0v) is 19.7. The largest absolute Gasteiger partial charge is 0.454 e. The lowest BCUT2D eigenvalue weighted by Crippen LogP contribution is -2.39. The van der Waals surface area contributed by atoms with Crippen LogP contribution in [0, 0.1) is 5.41 Å². The van der Waals surface area contributed by atoms with Crippen LogP contribution in [0.2, 0.25) is 0 Å². The highest BCUT2D eigenvalue weighted by molar-refractivity contribution is 8.00. The minimum atomic E-state index is -0.0167. The van der Waals surface area contributed by atoms with Gasteiger partial charge < -0.3 is 35.6 Å². The number of nitrogens with two attached hydrogens (primary N) is 1. The Morgan fingerprint density at radius 1 is 1.29 bits per heavy atom. The Morgan fingerprint density at radius 2 is 2.03 bits per heavy atom. The Bertz CT molecular complexity index is 946. The predicted molar refractivity (Wildman–Crippen MR) is 128 cm³/mol. The lowest BCUT2D eigenvalue weighted by molar-refractivity contribution is 0.174. The molecule has 3 heterocycles. The lowest BCUT2D eigenvalue weighted by Gasteiger charge is -2.28. The SMILES string of the molecule is CN(C)c1cc2c(cc1SC1Nc3c(ccnc3N)N1CCNCC(C)(C)C)OCO2. The highest BCUT2D eigenvalue weighted by Crippen LogP contribution is 2.47. The van der Waals surface area contributed by atoms with Gasteiger partial charge in [0.1, 0.15) is 11.5 Å². The number of hydrogen-bond acceptors (Lipinski definition) is 9. The zero-order chi connectivity index (χ0) is 22.2. The van der Waals surface area contributed by atoms with E-state index in [-0.39, 0.29) is 17.7 Å². The standard InChI is InChI=1S/C22H32N6O2S/c1-22(2,3)12-24-8-9-28-14-6-7-25-20(23)19(14)26-21(28)31-18-11-17-16(29-13-30-17)10-15(18)27(4)5/h6-7,10-11,21,24,26H,8-9,12-13H2,1-5H3,(H2,23,25). The fourth-order valence-corrected chi connectivity index (χ4v) is 4.95. The highest BCUT2D eigenvalue weighted by Gasteiger charge is 2.32. The van der Waals surface area contributed by atoms with Crippen molar-refractivity contribution >= 4 is 34.6 Å². The van der Waals surface area contributed by atoms with Gasteiger partial charge in [0, 0.05) is 50.9 Å². The van der Waals surface area contributed by atoms with Crippen LogP contribution in [-0.4, -0.2) is 51.0 Å². The summed E-state index contributed by atoms with van der Waals surface area (Å²) < 4.78 is 11.2. The Morgan fingerprint density at radius 3 is 2.74 bits per heavy atom. The molecule has 4 N–H and O–H groups in total. The van der Waals surface area contributed by atoms with Crippen LogP contribution >= 0.6 is 11.8 Å². The van der Waals surface area contributed by atoms with E-state index in [4.69, 9.17) is 15.2 Å². The number of benzene rings is 1. The first-order valence-corrected chi connectivity index (χ1v) is 11.4. The van der Waals surface area contributed by atoms with Gasteiger partial charge in [-0.2, -0.15) is 0 Å². The second kappa shape index (κ2) is 8.55. The van der Waals surface area contributed by atoms with E-state index in [0.717, 1.165) is 53.1 Å². The average molecular weight is 445 g/mol. The van der Waals surface area contributed by atoms with Crippen LogP contribution in [0.1, 0.15) is 20.8 Å². The van der Waals surface area contributed by atoms with Crippen LogP contribution in [0.3, 0.4) is 0 Å². The third-order valence-electron chi connectivity index (χ3n) is 5.18. The van der Waals surface area contributed by atoms with E-state index < -0.39 is 0 Å². The van der Waals surface area contributed by atoms with Crippen LogP contribution in [0.4, 0.5) is 22.9 Å². The number of aromatic nitrogens is 1. The average Bonchev–Trinajstić information content (AvgIpc) is 3.29. The molecule has 1 atom stereocenters. The number of fused-ring (bicyclic) bond motifs is 2.